The summed E-state index contributed by atoms with van der Waals surface area (Å²) in [7, 11) is 0. The lowest BCUT2D eigenvalue weighted by Gasteiger charge is -2.34. The van der Waals surface area contributed by atoms with Crippen LogP contribution in [0.4, 0.5) is 0 Å². The van der Waals surface area contributed by atoms with Crippen molar-refractivity contribution in [3.8, 4) is 0 Å². The Hall–Kier alpha value is -0.860. The highest BCUT2D eigenvalue weighted by atomic mass is 16.5. The number of nitrogens with one attached hydrogen (secondary N) is 1. The molecule has 2 nitrogen and oxygen atoms in total. The summed E-state index contributed by atoms with van der Waals surface area (Å²) in [5.74, 6) is 0.605. The zero-order valence-corrected chi connectivity index (χ0v) is 13.4. The van der Waals surface area contributed by atoms with Crippen LogP contribution in [0.25, 0.3) is 0 Å². The van der Waals surface area contributed by atoms with Gasteiger partial charge in [0.25, 0.3) is 0 Å². The smallest absolute Gasteiger partial charge is 0.0471 e. The first-order chi connectivity index (χ1) is 9.50. The summed E-state index contributed by atoms with van der Waals surface area (Å²) >= 11 is 0. The average molecular weight is 275 g/mol. The first-order valence-corrected chi connectivity index (χ1v) is 7.91. The zero-order chi connectivity index (χ0) is 14.6. The quantitative estimate of drug-likeness (QED) is 0.866. The molecule has 1 aromatic rings. The third-order valence-corrected chi connectivity index (χ3v) is 4.64. The van der Waals surface area contributed by atoms with Gasteiger partial charge in [-0.1, -0.05) is 45.0 Å². The summed E-state index contributed by atoms with van der Waals surface area (Å²) in [6.07, 6.45) is 2.33. The van der Waals surface area contributed by atoms with E-state index in [2.05, 4.69) is 57.3 Å². The molecule has 112 valence electrons. The van der Waals surface area contributed by atoms with E-state index in [9.17, 15) is 0 Å². The van der Waals surface area contributed by atoms with E-state index in [4.69, 9.17) is 4.74 Å². The molecule has 1 aromatic carbocycles. The lowest BCUT2D eigenvalue weighted by Crippen LogP contribution is -2.37. The SMILES string of the molecule is CC(C)c1ccc(C(C)NCC2(C)CCOCC2)cc1. The topological polar surface area (TPSA) is 21.3 Å². The van der Waals surface area contributed by atoms with E-state index in [1.807, 2.05) is 0 Å². The van der Waals surface area contributed by atoms with E-state index < -0.39 is 0 Å². The molecule has 2 rings (SSSR count). The first-order valence-electron chi connectivity index (χ1n) is 7.91. The molecule has 0 bridgehead atoms. The summed E-state index contributed by atoms with van der Waals surface area (Å²) in [6.45, 7) is 12.0. The molecule has 0 spiro atoms. The van der Waals surface area contributed by atoms with Gasteiger partial charge < -0.3 is 10.1 Å². The second-order valence-corrected chi connectivity index (χ2v) is 6.85. The minimum Gasteiger partial charge on any atom is -0.381 e. The van der Waals surface area contributed by atoms with Crippen LogP contribution in [0.1, 0.15) is 63.6 Å². The van der Waals surface area contributed by atoms with Crippen LogP contribution in [0.2, 0.25) is 0 Å². The van der Waals surface area contributed by atoms with E-state index in [0.717, 1.165) is 19.8 Å². The van der Waals surface area contributed by atoms with Gasteiger partial charge in [0.1, 0.15) is 0 Å². The predicted octanol–water partition coefficient (Wildman–Crippen LogP) is 4.28. The Morgan fingerprint density at radius 1 is 1.05 bits per heavy atom. The minimum absolute atomic E-state index is 0.393. The number of benzene rings is 1. The van der Waals surface area contributed by atoms with E-state index >= 15 is 0 Å². The van der Waals surface area contributed by atoms with E-state index in [0.29, 0.717) is 17.4 Å². The number of hydrogen-bond donors (Lipinski definition) is 1. The molecule has 1 atom stereocenters. The van der Waals surface area contributed by atoms with Crippen LogP contribution in [0.5, 0.6) is 0 Å². The van der Waals surface area contributed by atoms with Crippen molar-refractivity contribution in [1.29, 1.82) is 0 Å². The fourth-order valence-electron chi connectivity index (χ4n) is 2.73. The molecule has 1 fully saturated rings. The van der Waals surface area contributed by atoms with Crippen LogP contribution in [-0.4, -0.2) is 19.8 Å². The average Bonchev–Trinajstić information content (AvgIpc) is 2.46. The van der Waals surface area contributed by atoms with Gasteiger partial charge in [-0.2, -0.15) is 0 Å². The van der Waals surface area contributed by atoms with Crippen molar-refractivity contribution in [2.75, 3.05) is 19.8 Å². The molecule has 0 aliphatic carbocycles. The van der Waals surface area contributed by atoms with Crippen LogP contribution in [0, 0.1) is 5.41 Å². The van der Waals surface area contributed by atoms with Crippen molar-refractivity contribution in [3.05, 3.63) is 35.4 Å². The van der Waals surface area contributed by atoms with Gasteiger partial charge in [0.2, 0.25) is 0 Å². The number of rotatable bonds is 5. The van der Waals surface area contributed by atoms with Crippen LogP contribution < -0.4 is 5.32 Å². The van der Waals surface area contributed by atoms with Gasteiger partial charge in [-0.15, -0.1) is 0 Å². The van der Waals surface area contributed by atoms with E-state index in [1.165, 1.54) is 24.0 Å². The first kappa shape index (κ1) is 15.5. The lowest BCUT2D eigenvalue weighted by molar-refractivity contribution is 0.0231. The molecule has 1 aliphatic rings. The molecule has 1 heterocycles. The second kappa shape index (κ2) is 6.73. The highest BCUT2D eigenvalue weighted by Gasteiger charge is 2.27. The molecule has 1 saturated heterocycles. The molecule has 1 N–H and O–H groups in total. The fraction of sp³-hybridized carbons (Fsp3) is 0.667. The van der Waals surface area contributed by atoms with E-state index in [1.54, 1.807) is 0 Å². The third kappa shape index (κ3) is 4.07. The molecule has 0 aromatic heterocycles. The molecule has 1 unspecified atom stereocenters. The molecular formula is C18H29NO. The molecule has 0 radical (unpaired) electrons. The normalized spacial score (nSPS) is 20.1. The van der Waals surface area contributed by atoms with Gasteiger partial charge in [0.05, 0.1) is 0 Å². The van der Waals surface area contributed by atoms with Gasteiger partial charge in [-0.3, -0.25) is 0 Å². The molecule has 1 aliphatic heterocycles. The Balaban J connectivity index is 1.89. The second-order valence-electron chi connectivity index (χ2n) is 6.85. The zero-order valence-electron chi connectivity index (χ0n) is 13.4. The number of ether oxygens (including phenoxy) is 1. The van der Waals surface area contributed by atoms with Crippen molar-refractivity contribution in [2.24, 2.45) is 5.41 Å². The molecule has 20 heavy (non-hydrogen) atoms. The van der Waals surface area contributed by atoms with Gasteiger partial charge in [-0.05, 0) is 42.2 Å². The van der Waals surface area contributed by atoms with Crippen molar-refractivity contribution >= 4 is 0 Å². The van der Waals surface area contributed by atoms with Crippen LogP contribution in [0.15, 0.2) is 24.3 Å². The predicted molar refractivity (Wildman–Crippen MR) is 85.1 cm³/mol. The molecule has 2 heteroatoms. The highest BCUT2D eigenvalue weighted by Crippen LogP contribution is 2.29. The highest BCUT2D eigenvalue weighted by molar-refractivity contribution is 5.26. The van der Waals surface area contributed by atoms with Crippen molar-refractivity contribution in [2.45, 2.75) is 52.5 Å². The van der Waals surface area contributed by atoms with Gasteiger partial charge in [-0.25, -0.2) is 0 Å². The van der Waals surface area contributed by atoms with E-state index in [-0.39, 0.29) is 0 Å². The van der Waals surface area contributed by atoms with Gasteiger partial charge >= 0.3 is 0 Å². The Bertz CT molecular complexity index is 404. The Morgan fingerprint density at radius 3 is 2.15 bits per heavy atom. The summed E-state index contributed by atoms with van der Waals surface area (Å²) in [6, 6.07) is 9.46. The van der Waals surface area contributed by atoms with Crippen molar-refractivity contribution < 1.29 is 4.74 Å². The summed E-state index contributed by atoms with van der Waals surface area (Å²) in [5, 5.41) is 3.70. The maximum Gasteiger partial charge on any atom is 0.0471 e. The number of hydrogen-bond acceptors (Lipinski definition) is 2. The van der Waals surface area contributed by atoms with Gasteiger partial charge in [0.15, 0.2) is 0 Å². The fourth-order valence-corrected chi connectivity index (χ4v) is 2.73. The van der Waals surface area contributed by atoms with Gasteiger partial charge in [0, 0.05) is 25.8 Å². The summed E-state index contributed by atoms with van der Waals surface area (Å²) in [5.41, 5.74) is 3.19. The van der Waals surface area contributed by atoms with Crippen LogP contribution in [0.3, 0.4) is 0 Å². The van der Waals surface area contributed by atoms with Crippen molar-refractivity contribution in [3.63, 3.8) is 0 Å². The maximum absolute atomic E-state index is 5.46. The van der Waals surface area contributed by atoms with Crippen LogP contribution >= 0.6 is 0 Å². The van der Waals surface area contributed by atoms with Crippen LogP contribution in [-0.2, 0) is 4.74 Å². The molecular weight excluding hydrogens is 246 g/mol. The Morgan fingerprint density at radius 2 is 1.60 bits per heavy atom. The Labute approximate surface area is 123 Å². The van der Waals surface area contributed by atoms with Crippen molar-refractivity contribution in [1.82, 2.24) is 5.32 Å². The molecule has 0 saturated carbocycles. The monoisotopic (exact) mass is 275 g/mol. The molecule has 0 amide bonds. The maximum atomic E-state index is 5.46. The largest absolute Gasteiger partial charge is 0.381 e. The Kier molecular flexibility index (Phi) is 5.22. The standard InChI is InChI=1S/C18H29NO/c1-14(2)16-5-7-17(8-6-16)15(3)19-13-18(4)9-11-20-12-10-18/h5-8,14-15,19H,9-13H2,1-4H3. The summed E-state index contributed by atoms with van der Waals surface area (Å²) < 4.78 is 5.46. The lowest BCUT2D eigenvalue weighted by atomic mass is 9.82. The third-order valence-electron chi connectivity index (χ3n) is 4.64. The minimum atomic E-state index is 0.393. The summed E-state index contributed by atoms with van der Waals surface area (Å²) in [4.78, 5) is 0.